The molecule has 0 unspecified atom stereocenters. The average molecular weight is 468 g/mol. The number of methoxy groups -OCH3 is 1. The SMILES string of the molecule is CCC(=O)Nc1ccc2c(c1)C(=O)N(C)C[C@H](OC)[C@H](C)CN(Cc1ccccc1)[C@@H](C)CO2. The van der Waals surface area contributed by atoms with Crippen LogP contribution < -0.4 is 10.1 Å². The number of nitrogens with zero attached hydrogens (tertiary/aromatic N) is 2. The van der Waals surface area contributed by atoms with Crippen LogP contribution in [-0.4, -0.2) is 67.6 Å². The highest BCUT2D eigenvalue weighted by molar-refractivity contribution is 5.99. The lowest BCUT2D eigenvalue weighted by atomic mass is 10.0. The summed E-state index contributed by atoms with van der Waals surface area (Å²) in [4.78, 5) is 29.4. The van der Waals surface area contributed by atoms with Crippen molar-refractivity contribution in [2.45, 2.75) is 45.9 Å². The second kappa shape index (κ2) is 12.0. The van der Waals surface area contributed by atoms with Crippen LogP contribution in [0.3, 0.4) is 0 Å². The smallest absolute Gasteiger partial charge is 0.257 e. The van der Waals surface area contributed by atoms with Crippen molar-refractivity contribution in [2.75, 3.05) is 39.2 Å². The molecule has 34 heavy (non-hydrogen) atoms. The van der Waals surface area contributed by atoms with Crippen LogP contribution in [0.25, 0.3) is 0 Å². The molecule has 0 aromatic heterocycles. The van der Waals surface area contributed by atoms with Crippen molar-refractivity contribution in [3.05, 3.63) is 59.7 Å². The van der Waals surface area contributed by atoms with Crippen molar-refractivity contribution in [3.63, 3.8) is 0 Å². The topological polar surface area (TPSA) is 71.1 Å². The van der Waals surface area contributed by atoms with Gasteiger partial charge in [0.25, 0.3) is 5.91 Å². The summed E-state index contributed by atoms with van der Waals surface area (Å²) < 4.78 is 12.0. The number of carbonyl (C=O) groups excluding carboxylic acids is 2. The zero-order chi connectivity index (χ0) is 24.7. The van der Waals surface area contributed by atoms with E-state index in [1.165, 1.54) is 5.56 Å². The lowest BCUT2D eigenvalue weighted by Crippen LogP contribution is -2.46. The Morgan fingerprint density at radius 2 is 1.88 bits per heavy atom. The second-order valence-electron chi connectivity index (χ2n) is 9.12. The first-order valence-corrected chi connectivity index (χ1v) is 11.9. The maximum atomic E-state index is 13.4. The number of anilines is 1. The minimum absolute atomic E-state index is 0.103. The molecule has 2 aromatic rings. The van der Waals surface area contributed by atoms with Crippen LogP contribution in [0.2, 0.25) is 0 Å². The molecule has 0 aliphatic carbocycles. The minimum Gasteiger partial charge on any atom is -0.491 e. The Morgan fingerprint density at radius 1 is 1.15 bits per heavy atom. The summed E-state index contributed by atoms with van der Waals surface area (Å²) in [5.41, 5.74) is 2.26. The molecule has 3 atom stereocenters. The third-order valence-corrected chi connectivity index (χ3v) is 6.41. The number of hydrogen-bond acceptors (Lipinski definition) is 5. The van der Waals surface area contributed by atoms with Gasteiger partial charge in [-0.3, -0.25) is 14.5 Å². The summed E-state index contributed by atoms with van der Waals surface area (Å²) in [6, 6.07) is 15.8. The lowest BCUT2D eigenvalue weighted by Gasteiger charge is -2.36. The Bertz CT molecular complexity index is 966. The Balaban J connectivity index is 1.93. The molecular weight excluding hydrogens is 430 g/mol. The molecule has 1 aliphatic heterocycles. The zero-order valence-corrected chi connectivity index (χ0v) is 20.9. The number of benzene rings is 2. The van der Waals surface area contributed by atoms with E-state index in [9.17, 15) is 9.59 Å². The number of carbonyl (C=O) groups is 2. The summed E-state index contributed by atoms with van der Waals surface area (Å²) in [7, 11) is 3.48. The van der Waals surface area contributed by atoms with Gasteiger partial charge >= 0.3 is 0 Å². The van der Waals surface area contributed by atoms with E-state index in [-0.39, 0.29) is 29.9 Å². The minimum atomic E-state index is -0.161. The Morgan fingerprint density at radius 3 is 2.56 bits per heavy atom. The quantitative estimate of drug-likeness (QED) is 0.719. The number of ether oxygens (including phenoxy) is 2. The fourth-order valence-electron chi connectivity index (χ4n) is 4.22. The van der Waals surface area contributed by atoms with E-state index in [1.54, 1.807) is 44.2 Å². The normalized spacial score (nSPS) is 22.2. The predicted molar refractivity (Wildman–Crippen MR) is 134 cm³/mol. The molecule has 2 aromatic carbocycles. The van der Waals surface area contributed by atoms with Gasteiger partial charge in [-0.25, -0.2) is 0 Å². The fourth-order valence-corrected chi connectivity index (χ4v) is 4.22. The van der Waals surface area contributed by atoms with E-state index in [1.807, 2.05) is 6.07 Å². The molecule has 1 N–H and O–H groups in total. The van der Waals surface area contributed by atoms with Gasteiger partial charge in [0.1, 0.15) is 12.4 Å². The molecule has 184 valence electrons. The van der Waals surface area contributed by atoms with Crippen molar-refractivity contribution in [1.82, 2.24) is 9.80 Å². The van der Waals surface area contributed by atoms with Crippen LogP contribution >= 0.6 is 0 Å². The number of fused-ring (bicyclic) bond motifs is 1. The number of nitrogens with one attached hydrogen (secondary N) is 1. The maximum absolute atomic E-state index is 13.4. The molecule has 7 nitrogen and oxygen atoms in total. The van der Waals surface area contributed by atoms with Crippen LogP contribution in [0.15, 0.2) is 48.5 Å². The fraction of sp³-hybridized carbons (Fsp3) is 0.481. The van der Waals surface area contributed by atoms with Gasteiger partial charge in [-0.15, -0.1) is 0 Å². The standard InChI is InChI=1S/C27H37N3O4/c1-6-26(31)28-22-12-13-24-23(14-22)27(32)29(4)17-25(33-5)19(2)15-30(20(3)18-34-24)16-21-10-8-7-9-11-21/h7-14,19-20,25H,6,15-18H2,1-5H3,(H,28,31)/t19-,20+,25+/m1/s1. The first-order valence-electron chi connectivity index (χ1n) is 11.9. The van der Waals surface area contributed by atoms with Crippen LogP contribution in [0.1, 0.15) is 43.1 Å². The third kappa shape index (κ3) is 6.58. The first-order chi connectivity index (χ1) is 16.3. The molecular formula is C27H37N3O4. The molecule has 0 radical (unpaired) electrons. The van der Waals surface area contributed by atoms with E-state index in [2.05, 4.69) is 48.3 Å². The van der Waals surface area contributed by atoms with Crippen molar-refractivity contribution < 1.29 is 19.1 Å². The van der Waals surface area contributed by atoms with E-state index in [0.717, 1.165) is 13.1 Å². The summed E-state index contributed by atoms with van der Waals surface area (Å²) in [6.45, 7) is 8.60. The summed E-state index contributed by atoms with van der Waals surface area (Å²) in [6.07, 6.45) is 0.245. The van der Waals surface area contributed by atoms with Gasteiger partial charge < -0.3 is 19.7 Å². The molecule has 0 fully saturated rings. The van der Waals surface area contributed by atoms with Crippen LogP contribution in [0.5, 0.6) is 5.75 Å². The number of rotatable bonds is 5. The number of likely N-dealkylation sites (N-methyl/N-ethyl adjacent to an activating group) is 1. The molecule has 1 heterocycles. The molecule has 0 bridgehead atoms. The zero-order valence-electron chi connectivity index (χ0n) is 20.9. The third-order valence-electron chi connectivity index (χ3n) is 6.41. The van der Waals surface area contributed by atoms with E-state index >= 15 is 0 Å². The van der Waals surface area contributed by atoms with Gasteiger partial charge in [0.15, 0.2) is 0 Å². The van der Waals surface area contributed by atoms with E-state index in [4.69, 9.17) is 9.47 Å². The molecule has 2 amide bonds. The van der Waals surface area contributed by atoms with E-state index < -0.39 is 0 Å². The Hall–Kier alpha value is -2.90. The Labute approximate surface area is 203 Å². The molecule has 1 aliphatic rings. The first kappa shape index (κ1) is 25.7. The van der Waals surface area contributed by atoms with Gasteiger partial charge in [0.2, 0.25) is 5.91 Å². The molecule has 0 saturated carbocycles. The van der Waals surface area contributed by atoms with Crippen LogP contribution in [0.4, 0.5) is 5.69 Å². The van der Waals surface area contributed by atoms with Gasteiger partial charge in [0, 0.05) is 51.9 Å². The number of hydrogen-bond donors (Lipinski definition) is 1. The van der Waals surface area contributed by atoms with Gasteiger partial charge in [-0.05, 0) is 36.6 Å². The molecule has 0 spiro atoms. The highest BCUT2D eigenvalue weighted by atomic mass is 16.5. The van der Waals surface area contributed by atoms with Gasteiger partial charge in [-0.2, -0.15) is 0 Å². The van der Waals surface area contributed by atoms with Gasteiger partial charge in [0.05, 0.1) is 11.7 Å². The highest BCUT2D eigenvalue weighted by Crippen LogP contribution is 2.27. The molecule has 3 rings (SSSR count). The van der Waals surface area contributed by atoms with E-state index in [0.29, 0.717) is 36.6 Å². The summed E-state index contributed by atoms with van der Waals surface area (Å²) in [5, 5.41) is 2.84. The molecule has 0 saturated heterocycles. The largest absolute Gasteiger partial charge is 0.491 e. The Kier molecular flexibility index (Phi) is 9.07. The van der Waals surface area contributed by atoms with Crippen LogP contribution in [0, 0.1) is 5.92 Å². The van der Waals surface area contributed by atoms with Crippen molar-refractivity contribution >= 4 is 17.5 Å². The highest BCUT2D eigenvalue weighted by Gasteiger charge is 2.28. The summed E-state index contributed by atoms with van der Waals surface area (Å²) in [5.74, 6) is 0.445. The van der Waals surface area contributed by atoms with Crippen molar-refractivity contribution in [2.24, 2.45) is 5.92 Å². The number of amides is 2. The average Bonchev–Trinajstić information content (AvgIpc) is 2.85. The maximum Gasteiger partial charge on any atom is 0.257 e. The van der Waals surface area contributed by atoms with Crippen molar-refractivity contribution in [1.29, 1.82) is 0 Å². The molecule has 7 heteroatoms. The second-order valence-corrected chi connectivity index (χ2v) is 9.12. The van der Waals surface area contributed by atoms with Gasteiger partial charge in [-0.1, -0.05) is 44.2 Å². The van der Waals surface area contributed by atoms with Crippen molar-refractivity contribution in [3.8, 4) is 5.75 Å². The lowest BCUT2D eigenvalue weighted by molar-refractivity contribution is -0.115. The van der Waals surface area contributed by atoms with Crippen LogP contribution in [-0.2, 0) is 16.1 Å². The summed E-state index contributed by atoms with van der Waals surface area (Å²) >= 11 is 0. The monoisotopic (exact) mass is 467 g/mol. The predicted octanol–water partition coefficient (Wildman–Crippen LogP) is 4.04.